The lowest BCUT2D eigenvalue weighted by Crippen LogP contribution is -2.24. The lowest BCUT2D eigenvalue weighted by atomic mass is 10.2. The quantitative estimate of drug-likeness (QED) is 0.712. The molecule has 20 heavy (non-hydrogen) atoms. The molecule has 7 nitrogen and oxygen atoms in total. The van der Waals surface area contributed by atoms with E-state index in [9.17, 15) is 5.11 Å². The normalized spacial score (nSPS) is 26.5. The molecule has 4 N–H and O–H groups in total. The number of anilines is 1. The zero-order chi connectivity index (χ0) is 14.4. The summed E-state index contributed by atoms with van der Waals surface area (Å²) in [6.07, 6.45) is 0.0280. The van der Waals surface area contributed by atoms with E-state index in [0.29, 0.717) is 22.5 Å². The van der Waals surface area contributed by atoms with Crippen LogP contribution in [0.5, 0.6) is 0 Å². The van der Waals surface area contributed by atoms with Crippen molar-refractivity contribution in [2.75, 3.05) is 12.3 Å². The van der Waals surface area contributed by atoms with Gasteiger partial charge in [0.2, 0.25) is 5.95 Å². The first-order valence-corrected chi connectivity index (χ1v) is 6.70. The average Bonchev–Trinajstić information content (AvgIpc) is 2.90. The molecule has 0 bridgehead atoms. The number of halogens is 2. The molecule has 1 aliphatic heterocycles. The third-order valence-corrected chi connectivity index (χ3v) is 3.85. The summed E-state index contributed by atoms with van der Waals surface area (Å²) in [6, 6.07) is 0. The van der Waals surface area contributed by atoms with Gasteiger partial charge in [0.1, 0.15) is 17.5 Å². The number of hydrogen-bond acceptors (Lipinski definition) is 6. The summed E-state index contributed by atoms with van der Waals surface area (Å²) in [5.41, 5.74) is 6.02. The van der Waals surface area contributed by atoms with E-state index in [4.69, 9.17) is 38.8 Å². The van der Waals surface area contributed by atoms with Gasteiger partial charge in [0.25, 0.3) is 0 Å². The molecule has 1 fully saturated rings. The Labute approximate surface area is 123 Å². The van der Waals surface area contributed by atoms with Gasteiger partial charge >= 0.3 is 0 Å². The SMILES string of the molecule is Nc1nc(Cl)c2c(Cl)cn([C@@H]3C[C@@H](O)[C@H](CO)O3)c2n1. The van der Waals surface area contributed by atoms with E-state index in [1.807, 2.05) is 0 Å². The first-order valence-electron chi connectivity index (χ1n) is 5.94. The topological polar surface area (TPSA) is 106 Å². The minimum absolute atomic E-state index is 0.0239. The molecule has 2 aromatic heterocycles. The molecule has 9 heteroatoms. The highest BCUT2D eigenvalue weighted by molar-refractivity contribution is 6.41. The Morgan fingerprint density at radius 3 is 2.85 bits per heavy atom. The summed E-state index contributed by atoms with van der Waals surface area (Å²) in [7, 11) is 0. The molecule has 0 spiro atoms. The highest BCUT2D eigenvalue weighted by Gasteiger charge is 2.35. The first kappa shape index (κ1) is 13.8. The molecule has 3 atom stereocenters. The number of nitrogen functional groups attached to an aromatic ring is 1. The van der Waals surface area contributed by atoms with Crippen LogP contribution in [-0.2, 0) is 4.74 Å². The molecule has 3 rings (SSSR count). The summed E-state index contributed by atoms with van der Waals surface area (Å²) in [5.74, 6) is 0.0239. The Kier molecular flexibility index (Phi) is 3.47. The van der Waals surface area contributed by atoms with Crippen LogP contribution in [0.2, 0.25) is 10.2 Å². The molecule has 0 saturated carbocycles. The highest BCUT2D eigenvalue weighted by Crippen LogP contribution is 2.36. The first-order chi connectivity index (χ1) is 9.51. The zero-order valence-corrected chi connectivity index (χ0v) is 11.7. The van der Waals surface area contributed by atoms with Crippen LogP contribution in [0.3, 0.4) is 0 Å². The molecule has 3 heterocycles. The third kappa shape index (κ3) is 2.11. The average molecular weight is 319 g/mol. The largest absolute Gasteiger partial charge is 0.394 e. The van der Waals surface area contributed by atoms with E-state index in [2.05, 4.69) is 9.97 Å². The Balaban J connectivity index is 2.09. The van der Waals surface area contributed by atoms with E-state index in [0.717, 1.165) is 0 Å². The van der Waals surface area contributed by atoms with Crippen molar-refractivity contribution in [1.29, 1.82) is 0 Å². The molecular weight excluding hydrogens is 307 g/mol. The van der Waals surface area contributed by atoms with Gasteiger partial charge in [0.15, 0.2) is 5.65 Å². The van der Waals surface area contributed by atoms with Crippen LogP contribution >= 0.6 is 23.2 Å². The van der Waals surface area contributed by atoms with Gasteiger partial charge in [-0.05, 0) is 0 Å². The molecule has 1 aliphatic rings. The zero-order valence-electron chi connectivity index (χ0n) is 10.2. The van der Waals surface area contributed by atoms with Gasteiger partial charge in [-0.2, -0.15) is 4.98 Å². The fourth-order valence-corrected chi connectivity index (χ4v) is 2.95. The summed E-state index contributed by atoms with van der Waals surface area (Å²) in [5, 5.41) is 19.9. The van der Waals surface area contributed by atoms with Crippen molar-refractivity contribution in [3.63, 3.8) is 0 Å². The van der Waals surface area contributed by atoms with E-state index in [-0.39, 0.29) is 17.7 Å². The fourth-order valence-electron chi connectivity index (χ4n) is 2.35. The Morgan fingerprint density at radius 1 is 1.45 bits per heavy atom. The molecule has 0 unspecified atom stereocenters. The molecule has 2 aromatic rings. The third-order valence-electron chi connectivity index (χ3n) is 3.29. The minimum Gasteiger partial charge on any atom is -0.394 e. The monoisotopic (exact) mass is 318 g/mol. The van der Waals surface area contributed by atoms with Gasteiger partial charge in [-0.25, -0.2) is 4.98 Å². The second-order valence-corrected chi connectivity index (χ2v) is 5.34. The minimum atomic E-state index is -0.754. The van der Waals surface area contributed by atoms with Gasteiger partial charge in [0, 0.05) is 12.6 Å². The molecule has 0 aromatic carbocycles. The Morgan fingerprint density at radius 2 is 2.20 bits per heavy atom. The number of nitrogens with zero attached hydrogens (tertiary/aromatic N) is 3. The molecule has 0 amide bonds. The number of aliphatic hydroxyl groups is 2. The van der Waals surface area contributed by atoms with Crippen molar-refractivity contribution < 1.29 is 14.9 Å². The fraction of sp³-hybridized carbons (Fsp3) is 0.455. The molecule has 108 valence electrons. The number of nitrogens with two attached hydrogens (primary N) is 1. The van der Waals surface area contributed by atoms with E-state index >= 15 is 0 Å². The summed E-state index contributed by atoms with van der Waals surface area (Å²) in [4.78, 5) is 7.97. The standard InChI is InChI=1S/C11H12Cl2N4O3/c12-4-2-17(7-1-5(19)6(3-18)20-7)10-8(4)9(13)15-11(14)16-10/h2,5-7,18-19H,1,3H2,(H2,14,15,16)/t5-,6+,7+/m1/s1. The van der Waals surface area contributed by atoms with Gasteiger partial charge in [-0.1, -0.05) is 23.2 Å². The van der Waals surface area contributed by atoms with Gasteiger partial charge in [0.05, 0.1) is 23.1 Å². The number of rotatable bonds is 2. The number of aliphatic hydroxyl groups excluding tert-OH is 2. The van der Waals surface area contributed by atoms with Crippen molar-refractivity contribution >= 4 is 40.2 Å². The van der Waals surface area contributed by atoms with Crippen LogP contribution < -0.4 is 5.73 Å². The van der Waals surface area contributed by atoms with Crippen molar-refractivity contribution in [2.24, 2.45) is 0 Å². The van der Waals surface area contributed by atoms with Crippen LogP contribution in [0.1, 0.15) is 12.6 Å². The van der Waals surface area contributed by atoms with Crippen molar-refractivity contribution in [1.82, 2.24) is 14.5 Å². The van der Waals surface area contributed by atoms with Crippen molar-refractivity contribution in [3.8, 4) is 0 Å². The maximum absolute atomic E-state index is 9.79. The van der Waals surface area contributed by atoms with Crippen LogP contribution in [0, 0.1) is 0 Å². The molecule has 0 aliphatic carbocycles. The van der Waals surface area contributed by atoms with Gasteiger partial charge in [-0.15, -0.1) is 0 Å². The van der Waals surface area contributed by atoms with Crippen LogP contribution in [0.15, 0.2) is 6.20 Å². The van der Waals surface area contributed by atoms with E-state index in [1.54, 1.807) is 10.8 Å². The predicted octanol–water partition coefficient (Wildman–Crippen LogP) is 0.961. The summed E-state index contributed by atoms with van der Waals surface area (Å²) >= 11 is 12.1. The van der Waals surface area contributed by atoms with Gasteiger partial charge in [-0.3, -0.25) is 0 Å². The second kappa shape index (κ2) is 5.01. The van der Waals surface area contributed by atoms with E-state index in [1.165, 1.54) is 0 Å². The van der Waals surface area contributed by atoms with Crippen LogP contribution in [0.25, 0.3) is 11.0 Å². The lowest BCUT2D eigenvalue weighted by molar-refractivity contribution is -0.0430. The molecular formula is C11H12Cl2N4O3. The highest BCUT2D eigenvalue weighted by atomic mass is 35.5. The Bertz CT molecular complexity index is 663. The lowest BCUT2D eigenvalue weighted by Gasteiger charge is -2.14. The maximum Gasteiger partial charge on any atom is 0.223 e. The molecule has 1 saturated heterocycles. The van der Waals surface area contributed by atoms with Gasteiger partial charge < -0.3 is 25.3 Å². The smallest absolute Gasteiger partial charge is 0.223 e. The Hall–Kier alpha value is -1.12. The maximum atomic E-state index is 9.79. The second-order valence-electron chi connectivity index (χ2n) is 4.57. The summed E-state index contributed by atoms with van der Waals surface area (Å²) in [6.45, 7) is -0.261. The predicted molar refractivity (Wildman–Crippen MR) is 73.6 cm³/mol. The summed E-state index contributed by atoms with van der Waals surface area (Å²) < 4.78 is 7.21. The van der Waals surface area contributed by atoms with Crippen molar-refractivity contribution in [3.05, 3.63) is 16.4 Å². The number of fused-ring (bicyclic) bond motifs is 1. The number of hydrogen-bond donors (Lipinski definition) is 3. The molecule has 0 radical (unpaired) electrons. The van der Waals surface area contributed by atoms with Crippen LogP contribution in [-0.4, -0.2) is 43.6 Å². The van der Waals surface area contributed by atoms with Crippen LogP contribution in [0.4, 0.5) is 5.95 Å². The number of ether oxygens (including phenoxy) is 1. The van der Waals surface area contributed by atoms with E-state index < -0.39 is 18.4 Å². The number of aromatic nitrogens is 3. The van der Waals surface area contributed by atoms with Crippen molar-refractivity contribution in [2.45, 2.75) is 24.9 Å².